The van der Waals surface area contributed by atoms with Gasteiger partial charge in [-0.25, -0.2) is 4.79 Å². The third-order valence-electron chi connectivity index (χ3n) is 4.23. The van der Waals surface area contributed by atoms with Gasteiger partial charge in [0, 0.05) is 19.6 Å². The first-order valence-electron chi connectivity index (χ1n) is 6.78. The van der Waals surface area contributed by atoms with Crippen LogP contribution in [0.3, 0.4) is 0 Å². The van der Waals surface area contributed by atoms with Crippen LogP contribution in [0.5, 0.6) is 0 Å². The fourth-order valence-electron chi connectivity index (χ4n) is 2.56. The van der Waals surface area contributed by atoms with E-state index in [1.807, 2.05) is 0 Å². The summed E-state index contributed by atoms with van der Waals surface area (Å²) in [6.07, 6.45) is 3.86. The fourth-order valence-corrected chi connectivity index (χ4v) is 2.56. The van der Waals surface area contributed by atoms with Gasteiger partial charge in [-0.05, 0) is 24.2 Å². The molecular weight excluding hydrogens is 230 g/mol. The molecule has 3 amide bonds. The van der Waals surface area contributed by atoms with Crippen LogP contribution in [0, 0.1) is 11.3 Å². The molecule has 2 N–H and O–H groups in total. The summed E-state index contributed by atoms with van der Waals surface area (Å²) in [5.74, 6) is 0.650. The van der Waals surface area contributed by atoms with Gasteiger partial charge in [-0.3, -0.25) is 4.79 Å². The van der Waals surface area contributed by atoms with Gasteiger partial charge < -0.3 is 15.5 Å². The van der Waals surface area contributed by atoms with Gasteiger partial charge in [0.15, 0.2) is 0 Å². The van der Waals surface area contributed by atoms with Crippen molar-refractivity contribution in [2.45, 2.75) is 33.1 Å². The molecule has 0 atom stereocenters. The first-order valence-corrected chi connectivity index (χ1v) is 6.78. The zero-order valence-electron chi connectivity index (χ0n) is 11.3. The van der Waals surface area contributed by atoms with Crippen LogP contribution in [-0.4, -0.2) is 43.0 Å². The predicted octanol–water partition coefficient (Wildman–Crippen LogP) is 0.954. The number of rotatable bonds is 3. The Morgan fingerprint density at radius 3 is 2.78 bits per heavy atom. The van der Waals surface area contributed by atoms with E-state index in [-0.39, 0.29) is 23.9 Å². The van der Waals surface area contributed by atoms with Gasteiger partial charge in [-0.1, -0.05) is 20.3 Å². The van der Waals surface area contributed by atoms with E-state index >= 15 is 0 Å². The molecule has 1 heterocycles. The smallest absolute Gasteiger partial charge is 0.317 e. The number of amides is 3. The molecule has 1 saturated heterocycles. The van der Waals surface area contributed by atoms with Crippen LogP contribution in [0.15, 0.2) is 0 Å². The van der Waals surface area contributed by atoms with Gasteiger partial charge in [0.05, 0.1) is 0 Å². The minimum Gasteiger partial charge on any atom is -0.353 e. The lowest BCUT2D eigenvalue weighted by molar-refractivity contribution is -0.123. The second kappa shape index (κ2) is 5.16. The monoisotopic (exact) mass is 253 g/mol. The number of hydrogen-bond donors (Lipinski definition) is 2. The summed E-state index contributed by atoms with van der Waals surface area (Å²) in [6, 6.07) is -0.114. The average Bonchev–Trinajstić information content (AvgIpc) is 2.23. The zero-order valence-corrected chi connectivity index (χ0v) is 11.3. The van der Waals surface area contributed by atoms with Gasteiger partial charge in [0.1, 0.15) is 6.54 Å². The minimum atomic E-state index is -0.114. The molecule has 0 aromatic carbocycles. The molecule has 2 fully saturated rings. The molecule has 0 spiro atoms. The van der Waals surface area contributed by atoms with Gasteiger partial charge in [0.25, 0.3) is 0 Å². The lowest BCUT2D eigenvalue weighted by Gasteiger charge is -2.41. The predicted molar refractivity (Wildman–Crippen MR) is 69.1 cm³/mol. The summed E-state index contributed by atoms with van der Waals surface area (Å²) in [6.45, 7) is 6.43. The summed E-state index contributed by atoms with van der Waals surface area (Å²) in [5.41, 5.74) is 0.159. The zero-order chi connectivity index (χ0) is 13.2. The number of hydrogen-bond acceptors (Lipinski definition) is 2. The second-order valence-corrected chi connectivity index (χ2v) is 6.05. The highest BCUT2D eigenvalue weighted by Gasteiger charge is 2.34. The van der Waals surface area contributed by atoms with Crippen molar-refractivity contribution in [2.75, 3.05) is 26.2 Å². The van der Waals surface area contributed by atoms with Crippen molar-refractivity contribution in [3.8, 4) is 0 Å². The fraction of sp³-hybridized carbons (Fsp3) is 0.846. The Labute approximate surface area is 108 Å². The van der Waals surface area contributed by atoms with Crippen molar-refractivity contribution in [3.05, 3.63) is 0 Å². The normalized spacial score (nSPS) is 21.2. The Morgan fingerprint density at radius 1 is 1.50 bits per heavy atom. The van der Waals surface area contributed by atoms with E-state index in [1.54, 1.807) is 4.90 Å². The van der Waals surface area contributed by atoms with E-state index in [4.69, 9.17) is 0 Å². The second-order valence-electron chi connectivity index (χ2n) is 6.05. The molecule has 5 nitrogen and oxygen atoms in total. The quantitative estimate of drug-likeness (QED) is 0.787. The Balaban J connectivity index is 1.78. The Morgan fingerprint density at radius 2 is 2.22 bits per heavy atom. The molecule has 1 aliphatic heterocycles. The van der Waals surface area contributed by atoms with E-state index in [1.165, 1.54) is 19.3 Å². The molecule has 0 bridgehead atoms. The molecule has 2 rings (SSSR count). The number of carbonyl (C=O) groups excluding carboxylic acids is 2. The highest BCUT2D eigenvalue weighted by atomic mass is 16.2. The van der Waals surface area contributed by atoms with Gasteiger partial charge in [0.2, 0.25) is 5.91 Å². The maximum absolute atomic E-state index is 12.0. The SMILES string of the molecule is CC(C)(CNC(=O)N1CCNC(=O)C1)C1CCC1. The standard InChI is InChI=1S/C13H23N3O2/c1-13(2,10-4-3-5-10)9-15-12(18)16-7-6-14-11(17)8-16/h10H,3-9H2,1-2H3,(H,14,17)(H,15,18). The molecule has 0 radical (unpaired) electrons. The highest BCUT2D eigenvalue weighted by Crippen LogP contribution is 2.41. The summed E-state index contributed by atoms with van der Waals surface area (Å²) in [5, 5.41) is 5.68. The number of piperazine rings is 1. The molecule has 2 aliphatic rings. The Hall–Kier alpha value is -1.26. The number of urea groups is 1. The summed E-state index contributed by atoms with van der Waals surface area (Å²) in [7, 11) is 0. The molecule has 1 saturated carbocycles. The highest BCUT2D eigenvalue weighted by molar-refractivity contribution is 5.85. The van der Waals surface area contributed by atoms with Crippen molar-refractivity contribution >= 4 is 11.9 Å². The van der Waals surface area contributed by atoms with E-state index in [2.05, 4.69) is 24.5 Å². The minimum absolute atomic E-state index is 0.0744. The summed E-state index contributed by atoms with van der Waals surface area (Å²) < 4.78 is 0. The number of carbonyl (C=O) groups is 2. The van der Waals surface area contributed by atoms with E-state index in [9.17, 15) is 9.59 Å². The molecule has 0 unspecified atom stereocenters. The van der Waals surface area contributed by atoms with Crippen molar-refractivity contribution in [3.63, 3.8) is 0 Å². The van der Waals surface area contributed by atoms with E-state index < -0.39 is 0 Å². The third kappa shape index (κ3) is 2.94. The molecule has 0 aromatic rings. The van der Waals surface area contributed by atoms with Crippen LogP contribution in [-0.2, 0) is 4.79 Å². The summed E-state index contributed by atoms with van der Waals surface area (Å²) in [4.78, 5) is 24.7. The van der Waals surface area contributed by atoms with Crippen LogP contribution in [0.25, 0.3) is 0 Å². The van der Waals surface area contributed by atoms with Crippen molar-refractivity contribution < 1.29 is 9.59 Å². The van der Waals surface area contributed by atoms with Crippen molar-refractivity contribution in [1.82, 2.24) is 15.5 Å². The maximum Gasteiger partial charge on any atom is 0.317 e. The van der Waals surface area contributed by atoms with Crippen LogP contribution in [0.1, 0.15) is 33.1 Å². The molecule has 0 aromatic heterocycles. The summed E-state index contributed by atoms with van der Waals surface area (Å²) >= 11 is 0. The lowest BCUT2D eigenvalue weighted by atomic mass is 9.67. The van der Waals surface area contributed by atoms with Gasteiger partial charge in [-0.15, -0.1) is 0 Å². The van der Waals surface area contributed by atoms with Crippen LogP contribution < -0.4 is 10.6 Å². The van der Waals surface area contributed by atoms with Gasteiger partial charge >= 0.3 is 6.03 Å². The average molecular weight is 253 g/mol. The van der Waals surface area contributed by atoms with E-state index in [0.717, 1.165) is 5.92 Å². The Bertz CT molecular complexity index is 337. The van der Waals surface area contributed by atoms with Crippen molar-refractivity contribution in [2.24, 2.45) is 11.3 Å². The largest absolute Gasteiger partial charge is 0.353 e. The molecular formula is C13H23N3O2. The van der Waals surface area contributed by atoms with Crippen LogP contribution >= 0.6 is 0 Å². The number of nitrogens with one attached hydrogen (secondary N) is 2. The Kier molecular flexibility index (Phi) is 3.78. The van der Waals surface area contributed by atoms with E-state index in [0.29, 0.717) is 19.6 Å². The van der Waals surface area contributed by atoms with Gasteiger partial charge in [-0.2, -0.15) is 0 Å². The molecule has 5 heteroatoms. The first-order chi connectivity index (χ1) is 8.49. The first kappa shape index (κ1) is 13.2. The lowest BCUT2D eigenvalue weighted by Crippen LogP contribution is -2.54. The maximum atomic E-state index is 12.0. The topological polar surface area (TPSA) is 61.4 Å². The number of nitrogens with zero attached hydrogens (tertiary/aromatic N) is 1. The molecule has 18 heavy (non-hydrogen) atoms. The van der Waals surface area contributed by atoms with Crippen LogP contribution in [0.2, 0.25) is 0 Å². The molecule has 102 valence electrons. The third-order valence-corrected chi connectivity index (χ3v) is 4.23. The molecule has 1 aliphatic carbocycles. The van der Waals surface area contributed by atoms with Crippen molar-refractivity contribution in [1.29, 1.82) is 0 Å². The van der Waals surface area contributed by atoms with Crippen LogP contribution in [0.4, 0.5) is 4.79 Å².